The maximum absolute atomic E-state index is 13.0. The van der Waals surface area contributed by atoms with E-state index < -0.39 is 0 Å². The van der Waals surface area contributed by atoms with E-state index in [4.69, 9.17) is 4.42 Å². The summed E-state index contributed by atoms with van der Waals surface area (Å²) in [5, 5.41) is 4.77. The quantitative estimate of drug-likeness (QED) is 0.546. The molecule has 140 valence electrons. The first-order chi connectivity index (χ1) is 13.2. The zero-order valence-electron chi connectivity index (χ0n) is 15.7. The number of carbonyl (C=O) groups excluding carboxylic acids is 1. The molecule has 4 heteroatoms. The van der Waals surface area contributed by atoms with Gasteiger partial charge in [0.1, 0.15) is 5.58 Å². The molecule has 4 rings (SSSR count). The summed E-state index contributed by atoms with van der Waals surface area (Å²) >= 11 is 1.97. The number of furan rings is 1. The fourth-order valence-electron chi connectivity index (χ4n) is 3.75. The fourth-order valence-corrected chi connectivity index (χ4v) is 5.11. The predicted octanol–water partition coefficient (Wildman–Crippen LogP) is 6.56. The van der Waals surface area contributed by atoms with Crippen LogP contribution >= 0.6 is 11.8 Å². The Labute approximate surface area is 164 Å². The third-order valence-corrected chi connectivity index (χ3v) is 6.71. The lowest BCUT2D eigenvalue weighted by molar-refractivity contribution is 0.0997. The highest BCUT2D eigenvalue weighted by molar-refractivity contribution is 7.99. The molecule has 27 heavy (non-hydrogen) atoms. The molecule has 0 saturated heterocycles. The molecular formula is C23H25NO2S. The maximum Gasteiger partial charge on any atom is 0.291 e. The van der Waals surface area contributed by atoms with Crippen molar-refractivity contribution in [2.75, 3.05) is 5.32 Å². The van der Waals surface area contributed by atoms with Gasteiger partial charge in [-0.05, 0) is 37.5 Å². The van der Waals surface area contributed by atoms with E-state index in [1.807, 2.05) is 61.2 Å². The SMILES string of the molecule is Cc1ccccc1NC(=O)c1oc2ccccc2c1CSC1CCCCC1. The largest absolute Gasteiger partial charge is 0.451 e. The van der Waals surface area contributed by atoms with Crippen LogP contribution in [0.25, 0.3) is 11.0 Å². The molecule has 0 unspecified atom stereocenters. The van der Waals surface area contributed by atoms with Crippen LogP contribution in [0.3, 0.4) is 0 Å². The first kappa shape index (κ1) is 18.2. The fraction of sp³-hybridized carbons (Fsp3) is 0.348. The number of rotatable bonds is 5. The Kier molecular flexibility index (Phi) is 5.53. The van der Waals surface area contributed by atoms with Crippen molar-refractivity contribution in [2.45, 2.75) is 50.0 Å². The Morgan fingerprint density at radius 2 is 1.81 bits per heavy atom. The molecule has 0 aliphatic heterocycles. The first-order valence-corrected chi connectivity index (χ1v) is 10.8. The van der Waals surface area contributed by atoms with E-state index in [0.717, 1.165) is 33.5 Å². The van der Waals surface area contributed by atoms with Gasteiger partial charge in [-0.1, -0.05) is 55.7 Å². The van der Waals surface area contributed by atoms with Gasteiger partial charge in [0.25, 0.3) is 5.91 Å². The Hall–Kier alpha value is -2.20. The summed E-state index contributed by atoms with van der Waals surface area (Å²) in [4.78, 5) is 13.0. The van der Waals surface area contributed by atoms with Gasteiger partial charge in [-0.15, -0.1) is 0 Å². The Morgan fingerprint density at radius 1 is 1.07 bits per heavy atom. The number of hydrogen-bond acceptors (Lipinski definition) is 3. The second kappa shape index (κ2) is 8.22. The van der Waals surface area contributed by atoms with Crippen LogP contribution in [0, 0.1) is 6.92 Å². The van der Waals surface area contributed by atoms with Crippen molar-refractivity contribution in [3.05, 3.63) is 65.4 Å². The van der Waals surface area contributed by atoms with Gasteiger partial charge in [-0.2, -0.15) is 11.8 Å². The summed E-state index contributed by atoms with van der Waals surface area (Å²) in [6.07, 6.45) is 6.57. The van der Waals surface area contributed by atoms with Crippen molar-refractivity contribution in [1.29, 1.82) is 0 Å². The van der Waals surface area contributed by atoms with Crippen LogP contribution in [0.1, 0.15) is 53.8 Å². The molecule has 1 amide bonds. The van der Waals surface area contributed by atoms with E-state index in [1.165, 1.54) is 32.1 Å². The standard InChI is InChI=1S/C23H25NO2S/c1-16-9-5-7-13-20(16)24-23(25)22-19(15-27-17-10-3-2-4-11-17)18-12-6-8-14-21(18)26-22/h5-9,12-14,17H,2-4,10-11,15H2,1H3,(H,24,25). The van der Waals surface area contributed by atoms with Gasteiger partial charge < -0.3 is 9.73 Å². The van der Waals surface area contributed by atoms with Gasteiger partial charge in [0.05, 0.1) is 0 Å². The maximum atomic E-state index is 13.0. The van der Waals surface area contributed by atoms with Crippen LogP contribution < -0.4 is 5.32 Å². The van der Waals surface area contributed by atoms with Crippen LogP contribution in [-0.4, -0.2) is 11.2 Å². The third-order valence-electron chi connectivity index (χ3n) is 5.31. The van der Waals surface area contributed by atoms with Gasteiger partial charge in [0, 0.05) is 27.6 Å². The van der Waals surface area contributed by atoms with Gasteiger partial charge in [0.2, 0.25) is 0 Å². The number of anilines is 1. The predicted molar refractivity (Wildman–Crippen MR) is 114 cm³/mol. The number of thioether (sulfide) groups is 1. The van der Waals surface area contributed by atoms with Crippen LogP contribution in [0.5, 0.6) is 0 Å². The Bertz CT molecular complexity index is 940. The summed E-state index contributed by atoms with van der Waals surface area (Å²) in [7, 11) is 0. The van der Waals surface area contributed by atoms with E-state index in [2.05, 4.69) is 11.4 Å². The molecule has 1 fully saturated rings. The first-order valence-electron chi connectivity index (χ1n) is 9.71. The molecule has 0 atom stereocenters. The van der Waals surface area contributed by atoms with E-state index in [-0.39, 0.29) is 5.91 Å². The molecule has 1 heterocycles. The van der Waals surface area contributed by atoms with Gasteiger partial charge >= 0.3 is 0 Å². The summed E-state index contributed by atoms with van der Waals surface area (Å²) in [6, 6.07) is 15.8. The molecule has 0 bridgehead atoms. The van der Waals surface area contributed by atoms with Crippen LogP contribution in [0.2, 0.25) is 0 Å². The molecule has 2 aromatic carbocycles. The van der Waals surface area contributed by atoms with E-state index in [1.54, 1.807) is 0 Å². The highest BCUT2D eigenvalue weighted by Gasteiger charge is 2.23. The molecular weight excluding hydrogens is 354 g/mol. The molecule has 1 aromatic heterocycles. The van der Waals surface area contributed by atoms with Gasteiger partial charge in [0.15, 0.2) is 5.76 Å². The lowest BCUT2D eigenvalue weighted by atomic mass is 10.0. The normalized spacial score (nSPS) is 15.1. The monoisotopic (exact) mass is 379 g/mol. The highest BCUT2D eigenvalue weighted by atomic mass is 32.2. The molecule has 1 saturated carbocycles. The number of hydrogen-bond donors (Lipinski definition) is 1. The van der Waals surface area contributed by atoms with Gasteiger partial charge in [-0.3, -0.25) is 4.79 Å². The number of para-hydroxylation sites is 2. The second-order valence-corrected chi connectivity index (χ2v) is 8.53. The van der Waals surface area contributed by atoms with Crippen molar-refractivity contribution in [2.24, 2.45) is 0 Å². The minimum absolute atomic E-state index is 0.167. The average Bonchev–Trinajstić information content (AvgIpc) is 3.08. The summed E-state index contributed by atoms with van der Waals surface area (Å²) in [5.74, 6) is 1.10. The van der Waals surface area contributed by atoms with Crippen LogP contribution in [0.15, 0.2) is 52.9 Å². The minimum Gasteiger partial charge on any atom is -0.451 e. The zero-order chi connectivity index (χ0) is 18.6. The number of aryl methyl sites for hydroxylation is 1. The number of fused-ring (bicyclic) bond motifs is 1. The Morgan fingerprint density at radius 3 is 2.63 bits per heavy atom. The zero-order valence-corrected chi connectivity index (χ0v) is 16.5. The summed E-state index contributed by atoms with van der Waals surface area (Å²) in [5.41, 5.74) is 3.67. The average molecular weight is 380 g/mol. The number of nitrogens with one attached hydrogen (secondary N) is 1. The van der Waals surface area contributed by atoms with Crippen molar-refractivity contribution >= 4 is 34.3 Å². The van der Waals surface area contributed by atoms with Crippen molar-refractivity contribution in [3.8, 4) is 0 Å². The highest BCUT2D eigenvalue weighted by Crippen LogP contribution is 2.35. The molecule has 1 aliphatic rings. The van der Waals surface area contributed by atoms with E-state index >= 15 is 0 Å². The molecule has 3 aromatic rings. The topological polar surface area (TPSA) is 42.2 Å². The minimum atomic E-state index is -0.167. The van der Waals surface area contributed by atoms with Crippen LogP contribution in [0.4, 0.5) is 5.69 Å². The third kappa shape index (κ3) is 4.06. The van der Waals surface area contributed by atoms with Crippen molar-refractivity contribution in [3.63, 3.8) is 0 Å². The lowest BCUT2D eigenvalue weighted by Gasteiger charge is -2.20. The van der Waals surface area contributed by atoms with E-state index in [0.29, 0.717) is 11.0 Å². The van der Waals surface area contributed by atoms with Crippen LogP contribution in [-0.2, 0) is 5.75 Å². The number of benzene rings is 2. The summed E-state index contributed by atoms with van der Waals surface area (Å²) in [6.45, 7) is 1.99. The molecule has 0 spiro atoms. The number of carbonyl (C=O) groups is 1. The molecule has 1 aliphatic carbocycles. The molecule has 1 N–H and O–H groups in total. The Balaban J connectivity index is 1.61. The number of amides is 1. The molecule has 3 nitrogen and oxygen atoms in total. The molecule has 0 radical (unpaired) electrons. The van der Waals surface area contributed by atoms with Gasteiger partial charge in [-0.25, -0.2) is 0 Å². The smallest absolute Gasteiger partial charge is 0.291 e. The van der Waals surface area contributed by atoms with E-state index in [9.17, 15) is 4.79 Å². The van der Waals surface area contributed by atoms with Crippen molar-refractivity contribution < 1.29 is 9.21 Å². The lowest BCUT2D eigenvalue weighted by Crippen LogP contribution is -2.14. The summed E-state index contributed by atoms with van der Waals surface area (Å²) < 4.78 is 5.99. The van der Waals surface area contributed by atoms with Crippen molar-refractivity contribution in [1.82, 2.24) is 0 Å². The second-order valence-electron chi connectivity index (χ2n) is 7.25.